The minimum Gasteiger partial charge on any atom is -0.480 e. The highest BCUT2D eigenvalue weighted by Crippen LogP contribution is 2.33. The normalized spacial score (nSPS) is 20.5. The van der Waals surface area contributed by atoms with Crippen LogP contribution < -0.4 is 10.6 Å². The molecule has 2 amide bonds. The topological polar surface area (TPSA) is 117 Å². The number of benzene rings is 2. The molecule has 3 N–H and O–H groups in total. The van der Waals surface area contributed by atoms with Crippen molar-refractivity contribution >= 4 is 52.4 Å². The van der Waals surface area contributed by atoms with Crippen LogP contribution in [0.5, 0.6) is 0 Å². The number of hydrogen-bond acceptors (Lipinski definition) is 5. The number of aliphatic carboxylic acids is 1. The number of anilines is 1. The predicted molar refractivity (Wildman–Crippen MR) is 142 cm³/mol. The highest BCUT2D eigenvalue weighted by Gasteiger charge is 2.44. The second kappa shape index (κ2) is 11.5. The molecule has 2 aromatic rings. The average molecular weight is 546 g/mol. The maximum absolute atomic E-state index is 13.0. The molecule has 10 heteroatoms. The van der Waals surface area contributed by atoms with Gasteiger partial charge in [0.05, 0.1) is 21.3 Å². The van der Waals surface area contributed by atoms with Crippen LogP contribution in [-0.4, -0.2) is 40.2 Å². The monoisotopic (exact) mass is 545 g/mol. The van der Waals surface area contributed by atoms with Crippen molar-refractivity contribution in [1.82, 2.24) is 5.32 Å². The van der Waals surface area contributed by atoms with Gasteiger partial charge in [-0.15, -0.1) is 0 Å². The minimum absolute atomic E-state index is 0.0536. The molecular formula is C27H29Cl2N3O5. The third kappa shape index (κ3) is 6.43. The Morgan fingerprint density at radius 2 is 1.73 bits per heavy atom. The molecule has 1 unspecified atom stereocenters. The first-order valence-electron chi connectivity index (χ1n) is 12.3. The van der Waals surface area contributed by atoms with Crippen LogP contribution in [0.2, 0.25) is 10.0 Å². The second-order valence-electron chi connectivity index (χ2n) is 9.73. The Bertz CT molecular complexity index is 1190. The van der Waals surface area contributed by atoms with Gasteiger partial charge in [0.1, 0.15) is 6.04 Å². The van der Waals surface area contributed by atoms with E-state index in [0.717, 1.165) is 31.4 Å². The SMILES string of the molecule is C[C@@]1(C(=O)NC(Cc2ccc(NC(=O)c3c(Cl)cccc3Cl)cc2)C(=O)O)CC(C2CCCCC2)=NO1. The molecule has 0 aromatic heterocycles. The van der Waals surface area contributed by atoms with Crippen LogP contribution in [0.4, 0.5) is 5.69 Å². The van der Waals surface area contributed by atoms with E-state index >= 15 is 0 Å². The molecule has 37 heavy (non-hydrogen) atoms. The molecule has 0 spiro atoms. The van der Waals surface area contributed by atoms with Gasteiger partial charge in [0.15, 0.2) is 0 Å². The van der Waals surface area contributed by atoms with Gasteiger partial charge >= 0.3 is 5.97 Å². The minimum atomic E-state index is -1.23. The summed E-state index contributed by atoms with van der Waals surface area (Å²) in [7, 11) is 0. The number of carboxylic acids is 1. The van der Waals surface area contributed by atoms with Crippen molar-refractivity contribution in [1.29, 1.82) is 0 Å². The van der Waals surface area contributed by atoms with E-state index in [4.69, 9.17) is 28.0 Å². The molecule has 4 rings (SSSR count). The standard InChI is InChI=1S/C27H29Cl2N3O5/c1-27(15-22(32-37-27)17-6-3-2-4-7-17)26(36)31-21(25(34)35)14-16-10-12-18(13-11-16)30-24(33)23-19(28)8-5-9-20(23)29/h5,8-13,17,21H,2-4,6-7,14-15H2,1H3,(H,30,33)(H,31,36)(H,34,35)/t21?,27-/m0/s1. The van der Waals surface area contributed by atoms with Crippen molar-refractivity contribution < 1.29 is 24.3 Å². The first-order valence-corrected chi connectivity index (χ1v) is 13.0. The lowest BCUT2D eigenvalue weighted by Crippen LogP contribution is -2.52. The summed E-state index contributed by atoms with van der Waals surface area (Å²) in [5, 5.41) is 19.8. The highest BCUT2D eigenvalue weighted by molar-refractivity contribution is 6.40. The Balaban J connectivity index is 1.36. The largest absolute Gasteiger partial charge is 0.480 e. The van der Waals surface area contributed by atoms with Crippen LogP contribution in [0, 0.1) is 5.92 Å². The molecule has 1 aliphatic heterocycles. The Morgan fingerprint density at radius 1 is 1.08 bits per heavy atom. The van der Waals surface area contributed by atoms with Crippen LogP contribution in [0.3, 0.4) is 0 Å². The van der Waals surface area contributed by atoms with Gasteiger partial charge in [0.25, 0.3) is 11.8 Å². The van der Waals surface area contributed by atoms with E-state index in [0.29, 0.717) is 23.6 Å². The number of nitrogens with one attached hydrogen (secondary N) is 2. The number of oxime groups is 1. The summed E-state index contributed by atoms with van der Waals surface area (Å²) >= 11 is 12.2. The fourth-order valence-corrected chi connectivity index (χ4v) is 5.29. The molecule has 0 radical (unpaired) electrons. The molecule has 1 fully saturated rings. The summed E-state index contributed by atoms with van der Waals surface area (Å²) in [6.07, 6.45) is 6.00. The molecular weight excluding hydrogens is 517 g/mol. The molecule has 1 heterocycles. The average Bonchev–Trinajstić information content (AvgIpc) is 3.28. The van der Waals surface area contributed by atoms with Gasteiger partial charge < -0.3 is 20.6 Å². The van der Waals surface area contributed by atoms with Crippen molar-refractivity contribution in [2.75, 3.05) is 5.32 Å². The number of amides is 2. The summed E-state index contributed by atoms with van der Waals surface area (Å²) in [6, 6.07) is 10.3. The molecule has 196 valence electrons. The summed E-state index contributed by atoms with van der Waals surface area (Å²) in [4.78, 5) is 43.1. The van der Waals surface area contributed by atoms with Crippen LogP contribution >= 0.6 is 23.2 Å². The summed E-state index contributed by atoms with van der Waals surface area (Å²) in [6.45, 7) is 1.64. The zero-order valence-corrected chi connectivity index (χ0v) is 21.9. The fraction of sp³-hybridized carbons (Fsp3) is 0.407. The number of carboxylic acid groups (broad SMARTS) is 1. The molecule has 0 bridgehead atoms. The Labute approximate surface area is 225 Å². The first-order chi connectivity index (χ1) is 17.7. The Morgan fingerprint density at radius 3 is 2.35 bits per heavy atom. The van der Waals surface area contributed by atoms with E-state index in [1.807, 2.05) is 0 Å². The number of nitrogens with zero attached hydrogens (tertiary/aromatic N) is 1. The van der Waals surface area contributed by atoms with Gasteiger partial charge in [-0.1, -0.05) is 65.8 Å². The third-order valence-corrected chi connectivity index (χ3v) is 7.51. The molecule has 2 aliphatic rings. The first kappa shape index (κ1) is 26.9. The lowest BCUT2D eigenvalue weighted by Gasteiger charge is -2.25. The maximum Gasteiger partial charge on any atom is 0.326 e. The predicted octanol–water partition coefficient (Wildman–Crippen LogP) is 5.47. The summed E-state index contributed by atoms with van der Waals surface area (Å²) < 4.78 is 0. The molecule has 2 aromatic carbocycles. The van der Waals surface area contributed by atoms with Gasteiger partial charge in [-0.2, -0.15) is 0 Å². The van der Waals surface area contributed by atoms with Crippen LogP contribution in [0.15, 0.2) is 47.6 Å². The lowest BCUT2D eigenvalue weighted by atomic mass is 9.82. The van der Waals surface area contributed by atoms with Crippen LogP contribution in [-0.2, 0) is 20.8 Å². The maximum atomic E-state index is 13.0. The fourth-order valence-electron chi connectivity index (χ4n) is 4.73. The number of hydrogen-bond donors (Lipinski definition) is 3. The van der Waals surface area contributed by atoms with Gasteiger partial charge in [-0.25, -0.2) is 4.79 Å². The van der Waals surface area contributed by atoms with Crippen molar-refractivity contribution in [3.63, 3.8) is 0 Å². The van der Waals surface area contributed by atoms with Crippen LogP contribution in [0.25, 0.3) is 0 Å². The number of halogens is 2. The molecule has 1 aliphatic carbocycles. The lowest BCUT2D eigenvalue weighted by molar-refractivity contribution is -0.148. The summed E-state index contributed by atoms with van der Waals surface area (Å²) in [5.74, 6) is -1.80. The molecule has 2 atom stereocenters. The van der Waals surface area contributed by atoms with E-state index < -0.39 is 29.4 Å². The zero-order chi connectivity index (χ0) is 26.6. The highest BCUT2D eigenvalue weighted by atomic mass is 35.5. The van der Waals surface area contributed by atoms with Crippen molar-refractivity contribution in [2.24, 2.45) is 11.1 Å². The van der Waals surface area contributed by atoms with Crippen LogP contribution in [0.1, 0.15) is 61.4 Å². The quantitative estimate of drug-likeness (QED) is 0.406. The Hall–Kier alpha value is -3.10. The van der Waals surface area contributed by atoms with Crippen molar-refractivity contribution in [2.45, 2.75) is 63.5 Å². The molecule has 8 nitrogen and oxygen atoms in total. The van der Waals surface area contributed by atoms with E-state index in [1.165, 1.54) is 6.42 Å². The smallest absolute Gasteiger partial charge is 0.326 e. The van der Waals surface area contributed by atoms with Gasteiger partial charge in [-0.05, 0) is 49.6 Å². The van der Waals surface area contributed by atoms with E-state index in [1.54, 1.807) is 49.4 Å². The zero-order valence-electron chi connectivity index (χ0n) is 20.4. The third-order valence-electron chi connectivity index (χ3n) is 6.88. The number of rotatable bonds is 8. The number of carbonyl (C=O) groups is 3. The van der Waals surface area contributed by atoms with E-state index in [-0.39, 0.29) is 22.0 Å². The Kier molecular flexibility index (Phi) is 8.39. The summed E-state index contributed by atoms with van der Waals surface area (Å²) in [5.41, 5.74) is 0.981. The molecule has 1 saturated carbocycles. The van der Waals surface area contributed by atoms with Gasteiger partial charge in [0.2, 0.25) is 5.60 Å². The van der Waals surface area contributed by atoms with E-state index in [2.05, 4.69) is 15.8 Å². The van der Waals surface area contributed by atoms with Gasteiger partial charge in [0, 0.05) is 24.4 Å². The second-order valence-corrected chi connectivity index (χ2v) is 10.5. The van der Waals surface area contributed by atoms with Crippen molar-refractivity contribution in [3.05, 3.63) is 63.6 Å². The number of carbonyl (C=O) groups excluding carboxylic acids is 2. The van der Waals surface area contributed by atoms with Crippen molar-refractivity contribution in [3.8, 4) is 0 Å². The molecule has 0 saturated heterocycles. The van der Waals surface area contributed by atoms with Gasteiger partial charge in [-0.3, -0.25) is 9.59 Å². The van der Waals surface area contributed by atoms with E-state index in [9.17, 15) is 19.5 Å².